The van der Waals surface area contributed by atoms with Crippen LogP contribution in [-0.2, 0) is 27.8 Å². The summed E-state index contributed by atoms with van der Waals surface area (Å²) < 4.78 is 18.6. The summed E-state index contributed by atoms with van der Waals surface area (Å²) in [5.41, 5.74) is 3.90. The van der Waals surface area contributed by atoms with Crippen LogP contribution in [-0.4, -0.2) is 64.0 Å². The molecule has 4 aliphatic rings. The fourth-order valence-electron chi connectivity index (χ4n) is 9.33. The van der Waals surface area contributed by atoms with E-state index in [4.69, 9.17) is 25.8 Å². The van der Waals surface area contributed by atoms with Gasteiger partial charge < -0.3 is 29.5 Å². The van der Waals surface area contributed by atoms with E-state index in [9.17, 15) is 14.7 Å². The lowest BCUT2D eigenvalue weighted by molar-refractivity contribution is -0.144. The van der Waals surface area contributed by atoms with Gasteiger partial charge in [0.2, 0.25) is 0 Å². The molecule has 1 aromatic heterocycles. The number of nitrogens with one attached hydrogen (secondary N) is 1. The summed E-state index contributed by atoms with van der Waals surface area (Å²) in [7, 11) is 0. The minimum absolute atomic E-state index is 0.111. The molecular formula is C43H54ClN3O6. The van der Waals surface area contributed by atoms with Gasteiger partial charge in [0, 0.05) is 28.2 Å². The quantitative estimate of drug-likeness (QED) is 0.212. The number of benzene rings is 2. The van der Waals surface area contributed by atoms with Crippen LogP contribution in [0.2, 0.25) is 5.02 Å². The summed E-state index contributed by atoms with van der Waals surface area (Å²) in [6.45, 7) is 11.7. The second-order valence-corrected chi connectivity index (χ2v) is 17.6. The van der Waals surface area contributed by atoms with E-state index < -0.39 is 17.1 Å². The number of hydrogen-bond acceptors (Lipinski definition) is 7. The Bertz CT molecular complexity index is 1830. The SMILES string of the molecule is C[C@@H](COc1ccnc2c1[C@H](C)CCC2)CC1Cc2ccc(OC3CN(C(=O)OC(C)(C)C)C3)cc2C12CCC(Nc1cccc(Cl)c1)(C(=O)O)CC2. The third-order valence-corrected chi connectivity index (χ3v) is 12.3. The Labute approximate surface area is 318 Å². The molecule has 3 aromatic rings. The van der Waals surface area contributed by atoms with Crippen molar-refractivity contribution in [3.8, 4) is 11.5 Å². The van der Waals surface area contributed by atoms with Crippen LogP contribution in [0.25, 0.3) is 0 Å². The molecule has 2 aromatic carbocycles. The zero-order chi connectivity index (χ0) is 37.5. The molecule has 53 heavy (non-hydrogen) atoms. The molecule has 0 bridgehead atoms. The largest absolute Gasteiger partial charge is 0.493 e. The standard InChI is InChI=1S/C43H54ClN3O6/c1-27(26-51-37-14-19-45-36-11-6-8-28(2)38(36)37)20-30-21-29-12-13-33(52-34-24-47(25-34)40(50)53-41(3,4)5)23-35(29)42(30)15-17-43(18-16-42,39(48)49)46-32-10-7-9-31(44)22-32/h7,9-10,12-14,19,22-23,27-28,30,34,46H,6,8,11,15-18,20-21,24-26H2,1-5H3,(H,48,49)/t27-,28-,30?,42?,43?/m1/s1. The van der Waals surface area contributed by atoms with Crippen LogP contribution in [0.5, 0.6) is 11.5 Å². The number of aryl methyl sites for hydroxylation is 1. The lowest BCUT2D eigenvalue weighted by atomic mass is 9.59. The first-order valence-corrected chi connectivity index (χ1v) is 19.8. The molecule has 2 fully saturated rings. The van der Waals surface area contributed by atoms with Crippen molar-refractivity contribution in [3.05, 3.63) is 82.1 Å². The molecule has 1 unspecified atom stereocenters. The second kappa shape index (κ2) is 14.7. The van der Waals surface area contributed by atoms with Gasteiger partial charge in [-0.1, -0.05) is 37.6 Å². The highest BCUT2D eigenvalue weighted by atomic mass is 35.5. The van der Waals surface area contributed by atoms with Crippen LogP contribution in [0, 0.1) is 11.8 Å². The molecule has 2 heterocycles. The fourth-order valence-corrected chi connectivity index (χ4v) is 9.52. The lowest BCUT2D eigenvalue weighted by Gasteiger charge is -2.47. The molecule has 3 atom stereocenters. The molecule has 1 amide bonds. The predicted octanol–water partition coefficient (Wildman–Crippen LogP) is 9.20. The normalized spacial score (nSPS) is 25.9. The molecule has 1 aliphatic heterocycles. The number of aromatic nitrogens is 1. The Morgan fingerprint density at radius 2 is 1.87 bits per heavy atom. The summed E-state index contributed by atoms with van der Waals surface area (Å²) in [6.07, 6.45) is 9.10. The van der Waals surface area contributed by atoms with Crippen LogP contribution in [0.3, 0.4) is 0 Å². The van der Waals surface area contributed by atoms with E-state index in [0.29, 0.717) is 55.1 Å². The van der Waals surface area contributed by atoms with Crippen LogP contribution >= 0.6 is 11.6 Å². The number of fused-ring (bicyclic) bond motifs is 3. The topological polar surface area (TPSA) is 110 Å². The number of carboxylic acids is 1. The number of rotatable bonds is 10. The van der Waals surface area contributed by atoms with Crippen molar-refractivity contribution in [2.75, 3.05) is 25.0 Å². The molecule has 1 saturated carbocycles. The van der Waals surface area contributed by atoms with Crippen LogP contribution in [0.1, 0.15) is 108 Å². The zero-order valence-electron chi connectivity index (χ0n) is 31.8. The van der Waals surface area contributed by atoms with Crippen molar-refractivity contribution >= 4 is 29.4 Å². The predicted molar refractivity (Wildman–Crippen MR) is 206 cm³/mol. The van der Waals surface area contributed by atoms with Gasteiger partial charge in [-0.3, -0.25) is 4.98 Å². The minimum Gasteiger partial charge on any atom is -0.493 e. The first-order chi connectivity index (χ1) is 25.2. The number of anilines is 1. The number of hydrogen-bond donors (Lipinski definition) is 2. The van der Waals surface area contributed by atoms with Gasteiger partial charge in [-0.05, 0) is 149 Å². The number of carboxylic acid groups (broad SMARTS) is 1. The first kappa shape index (κ1) is 37.3. The number of carbonyl (C=O) groups is 2. The van der Waals surface area contributed by atoms with Gasteiger partial charge in [-0.15, -0.1) is 0 Å². The van der Waals surface area contributed by atoms with E-state index >= 15 is 0 Å². The maximum atomic E-state index is 13.0. The number of halogens is 1. The fraction of sp³-hybridized carbons (Fsp3) is 0.558. The number of pyridine rings is 1. The molecule has 9 nitrogen and oxygen atoms in total. The van der Waals surface area contributed by atoms with Crippen molar-refractivity contribution in [1.82, 2.24) is 9.88 Å². The summed E-state index contributed by atoms with van der Waals surface area (Å²) in [6, 6.07) is 15.8. The second-order valence-electron chi connectivity index (χ2n) is 17.1. The van der Waals surface area contributed by atoms with Crippen LogP contribution < -0.4 is 14.8 Å². The van der Waals surface area contributed by atoms with Crippen molar-refractivity contribution in [2.24, 2.45) is 11.8 Å². The Morgan fingerprint density at radius 1 is 1.09 bits per heavy atom. The Hall–Kier alpha value is -3.98. The smallest absolute Gasteiger partial charge is 0.410 e. The Balaban J connectivity index is 1.10. The van der Waals surface area contributed by atoms with Crippen molar-refractivity contribution in [1.29, 1.82) is 0 Å². The maximum Gasteiger partial charge on any atom is 0.410 e. The number of amides is 1. The highest BCUT2D eigenvalue weighted by Crippen LogP contribution is 2.57. The van der Waals surface area contributed by atoms with Gasteiger partial charge in [0.1, 0.15) is 28.7 Å². The van der Waals surface area contributed by atoms with E-state index in [0.717, 1.165) is 50.0 Å². The van der Waals surface area contributed by atoms with Gasteiger partial charge in [0.25, 0.3) is 0 Å². The van der Waals surface area contributed by atoms with Crippen LogP contribution in [0.15, 0.2) is 54.7 Å². The number of ether oxygens (including phenoxy) is 3. The first-order valence-electron chi connectivity index (χ1n) is 19.4. The number of aliphatic carboxylic acids is 1. The molecular weight excluding hydrogens is 690 g/mol. The van der Waals surface area contributed by atoms with Gasteiger partial charge in [0.05, 0.1) is 19.7 Å². The maximum absolute atomic E-state index is 13.0. The number of carbonyl (C=O) groups excluding carboxylic acids is 1. The number of nitrogens with zero attached hydrogens (tertiary/aromatic N) is 2. The third kappa shape index (κ3) is 7.82. The van der Waals surface area contributed by atoms with Crippen molar-refractivity contribution < 1.29 is 28.9 Å². The van der Waals surface area contributed by atoms with E-state index in [1.165, 1.54) is 28.8 Å². The molecule has 2 N–H and O–H groups in total. The average molecular weight is 744 g/mol. The van der Waals surface area contributed by atoms with Crippen LogP contribution in [0.4, 0.5) is 10.5 Å². The number of likely N-dealkylation sites (tertiary alicyclic amines) is 1. The highest BCUT2D eigenvalue weighted by Gasteiger charge is 2.54. The monoisotopic (exact) mass is 743 g/mol. The molecule has 1 spiro atoms. The summed E-state index contributed by atoms with van der Waals surface area (Å²) >= 11 is 6.29. The van der Waals surface area contributed by atoms with Crippen molar-refractivity contribution in [3.63, 3.8) is 0 Å². The van der Waals surface area contributed by atoms with Gasteiger partial charge in [-0.25, -0.2) is 9.59 Å². The minimum atomic E-state index is -1.10. The molecule has 10 heteroatoms. The van der Waals surface area contributed by atoms with Gasteiger partial charge in [-0.2, -0.15) is 0 Å². The lowest BCUT2D eigenvalue weighted by Crippen LogP contribution is -2.57. The summed E-state index contributed by atoms with van der Waals surface area (Å²) in [4.78, 5) is 31.9. The van der Waals surface area contributed by atoms with E-state index in [1.54, 1.807) is 17.0 Å². The van der Waals surface area contributed by atoms with Gasteiger partial charge >= 0.3 is 12.1 Å². The Morgan fingerprint density at radius 3 is 2.58 bits per heavy atom. The van der Waals surface area contributed by atoms with Gasteiger partial charge in [0.15, 0.2) is 0 Å². The van der Waals surface area contributed by atoms with E-state index in [1.807, 2.05) is 45.2 Å². The molecule has 0 radical (unpaired) electrons. The summed E-state index contributed by atoms with van der Waals surface area (Å²) in [5.74, 6) is 1.97. The average Bonchev–Trinajstić information content (AvgIpc) is 3.36. The van der Waals surface area contributed by atoms with Crippen molar-refractivity contribution in [2.45, 2.75) is 121 Å². The molecule has 284 valence electrons. The summed E-state index contributed by atoms with van der Waals surface area (Å²) in [5, 5.41) is 14.6. The molecule has 1 saturated heterocycles. The molecule has 3 aliphatic carbocycles. The highest BCUT2D eigenvalue weighted by molar-refractivity contribution is 6.30. The third-order valence-electron chi connectivity index (χ3n) is 12.1. The van der Waals surface area contributed by atoms with E-state index in [2.05, 4.69) is 42.3 Å². The van der Waals surface area contributed by atoms with E-state index in [-0.39, 0.29) is 23.5 Å². The molecule has 7 rings (SSSR count). The zero-order valence-corrected chi connectivity index (χ0v) is 32.5. The Kier molecular flexibility index (Phi) is 10.3.